The lowest BCUT2D eigenvalue weighted by Gasteiger charge is -2.21. The van der Waals surface area contributed by atoms with E-state index in [-0.39, 0.29) is 22.6 Å². The fraction of sp³-hybridized carbons (Fsp3) is 0.619. The highest BCUT2D eigenvalue weighted by molar-refractivity contribution is 7.89. The highest BCUT2D eigenvalue weighted by Crippen LogP contribution is 2.23. The minimum atomic E-state index is -3.64. The van der Waals surface area contributed by atoms with E-state index in [2.05, 4.69) is 10.6 Å². The smallest absolute Gasteiger partial charge is 0.251 e. The quantitative estimate of drug-likeness (QED) is 0.597. The summed E-state index contributed by atoms with van der Waals surface area (Å²) in [6, 6.07) is 4.70. The lowest BCUT2D eigenvalue weighted by Crippen LogP contribution is -2.38. The molecule has 0 spiro atoms. The van der Waals surface area contributed by atoms with Gasteiger partial charge in [0, 0.05) is 37.7 Å². The molecule has 0 aromatic heterocycles. The van der Waals surface area contributed by atoms with Gasteiger partial charge in [0.2, 0.25) is 15.9 Å². The van der Waals surface area contributed by atoms with Crippen molar-refractivity contribution in [1.29, 1.82) is 0 Å². The van der Waals surface area contributed by atoms with Gasteiger partial charge in [-0.15, -0.1) is 0 Å². The molecule has 1 aliphatic carbocycles. The van der Waals surface area contributed by atoms with E-state index in [1.807, 2.05) is 0 Å². The molecule has 1 saturated carbocycles. The third kappa shape index (κ3) is 6.02. The molecule has 2 amide bonds. The molecule has 0 bridgehead atoms. The molecule has 0 heterocycles. The summed E-state index contributed by atoms with van der Waals surface area (Å²) in [5.41, 5.74) is 0.896. The van der Waals surface area contributed by atoms with Gasteiger partial charge in [-0.25, -0.2) is 8.42 Å². The van der Waals surface area contributed by atoms with Crippen LogP contribution in [0.3, 0.4) is 0 Å². The van der Waals surface area contributed by atoms with Crippen LogP contribution in [-0.4, -0.2) is 50.7 Å². The number of sulfonamides is 1. The van der Waals surface area contributed by atoms with Crippen LogP contribution in [0.1, 0.15) is 61.9 Å². The van der Waals surface area contributed by atoms with Gasteiger partial charge < -0.3 is 10.6 Å². The zero-order valence-electron chi connectivity index (χ0n) is 17.7. The van der Waals surface area contributed by atoms with Gasteiger partial charge in [0.15, 0.2) is 0 Å². The Morgan fingerprint density at radius 2 is 1.66 bits per heavy atom. The van der Waals surface area contributed by atoms with Crippen molar-refractivity contribution in [2.75, 3.05) is 26.2 Å². The molecule has 7 nitrogen and oxygen atoms in total. The maximum Gasteiger partial charge on any atom is 0.251 e. The molecule has 8 heteroatoms. The molecule has 0 aliphatic heterocycles. The fourth-order valence-electron chi connectivity index (χ4n) is 3.69. The molecule has 0 saturated heterocycles. The number of hydrogen-bond acceptors (Lipinski definition) is 4. The van der Waals surface area contributed by atoms with Gasteiger partial charge >= 0.3 is 0 Å². The highest BCUT2D eigenvalue weighted by Gasteiger charge is 2.25. The molecule has 2 N–H and O–H groups in total. The van der Waals surface area contributed by atoms with Crippen molar-refractivity contribution in [3.05, 3.63) is 29.3 Å². The van der Waals surface area contributed by atoms with Gasteiger partial charge in [0.25, 0.3) is 5.91 Å². The Morgan fingerprint density at radius 1 is 1.03 bits per heavy atom. The van der Waals surface area contributed by atoms with Crippen molar-refractivity contribution in [2.24, 2.45) is 5.92 Å². The minimum absolute atomic E-state index is 0.0573. The van der Waals surface area contributed by atoms with E-state index in [1.165, 1.54) is 16.8 Å². The largest absolute Gasteiger partial charge is 0.354 e. The second-order valence-electron chi connectivity index (χ2n) is 7.45. The molecule has 1 aromatic rings. The summed E-state index contributed by atoms with van der Waals surface area (Å²) in [5.74, 6) is -0.209. The molecule has 0 radical (unpaired) electrons. The predicted octanol–water partition coefficient (Wildman–Crippen LogP) is 2.45. The molecule has 29 heavy (non-hydrogen) atoms. The van der Waals surface area contributed by atoms with Crippen LogP contribution < -0.4 is 10.6 Å². The van der Waals surface area contributed by atoms with Crippen molar-refractivity contribution in [3.63, 3.8) is 0 Å². The average Bonchev–Trinajstić information content (AvgIpc) is 2.72. The molecule has 2 rings (SSSR count). The maximum atomic E-state index is 12.8. The van der Waals surface area contributed by atoms with E-state index >= 15 is 0 Å². The topological polar surface area (TPSA) is 95.6 Å². The average molecular weight is 424 g/mol. The summed E-state index contributed by atoms with van der Waals surface area (Å²) in [5, 5.41) is 5.63. The molecule has 1 aliphatic rings. The van der Waals surface area contributed by atoms with Crippen molar-refractivity contribution in [1.82, 2.24) is 14.9 Å². The number of hydrogen-bond donors (Lipinski definition) is 2. The molecular formula is C21H33N3O4S. The van der Waals surface area contributed by atoms with Gasteiger partial charge in [-0.05, 0) is 37.5 Å². The number of nitrogens with zero attached hydrogens (tertiary/aromatic N) is 1. The molecule has 1 aromatic carbocycles. The van der Waals surface area contributed by atoms with Crippen molar-refractivity contribution < 1.29 is 18.0 Å². The first-order chi connectivity index (χ1) is 13.8. The first-order valence-electron chi connectivity index (χ1n) is 10.5. The number of carbonyl (C=O) groups excluding carboxylic acids is 2. The highest BCUT2D eigenvalue weighted by atomic mass is 32.2. The summed E-state index contributed by atoms with van der Waals surface area (Å²) in [4.78, 5) is 24.7. The third-order valence-corrected chi connectivity index (χ3v) is 7.65. The zero-order valence-corrected chi connectivity index (χ0v) is 18.5. The first kappa shape index (κ1) is 23.3. The van der Waals surface area contributed by atoms with Crippen molar-refractivity contribution >= 4 is 21.8 Å². The normalized spacial score (nSPS) is 15.3. The van der Waals surface area contributed by atoms with E-state index in [0.717, 1.165) is 25.7 Å². The number of rotatable bonds is 9. The summed E-state index contributed by atoms with van der Waals surface area (Å²) in [6.07, 6.45) is 5.26. The molecular weight excluding hydrogens is 390 g/mol. The standard InChI is InChI=1S/C21H33N3O4S/c1-4-24(5-2)29(27,28)19-15-18(12-11-16(19)3)21(26)23-14-13-22-20(25)17-9-7-6-8-10-17/h11-12,15,17H,4-10,13-14H2,1-3H3,(H,22,25)(H,23,26). The van der Waals surface area contributed by atoms with Crippen LogP contribution in [0, 0.1) is 12.8 Å². The molecule has 0 atom stereocenters. The zero-order chi connectivity index (χ0) is 21.4. The Bertz CT molecular complexity index is 813. The molecule has 162 valence electrons. The van der Waals surface area contributed by atoms with E-state index in [9.17, 15) is 18.0 Å². The van der Waals surface area contributed by atoms with E-state index in [0.29, 0.717) is 37.3 Å². The monoisotopic (exact) mass is 423 g/mol. The SMILES string of the molecule is CCN(CC)S(=O)(=O)c1cc(C(=O)NCCNC(=O)C2CCCCC2)ccc1C. The Hall–Kier alpha value is -1.93. The lowest BCUT2D eigenvalue weighted by molar-refractivity contribution is -0.125. The minimum Gasteiger partial charge on any atom is -0.354 e. The molecule has 0 unspecified atom stereocenters. The summed E-state index contributed by atoms with van der Waals surface area (Å²) < 4.78 is 27.0. The Balaban J connectivity index is 1.95. The second-order valence-corrected chi connectivity index (χ2v) is 9.36. The van der Waals surface area contributed by atoms with Crippen LogP contribution in [0.4, 0.5) is 0 Å². The number of benzene rings is 1. The van der Waals surface area contributed by atoms with E-state index < -0.39 is 10.0 Å². The van der Waals surface area contributed by atoms with E-state index in [1.54, 1.807) is 32.9 Å². The lowest BCUT2D eigenvalue weighted by atomic mass is 9.89. The summed E-state index contributed by atoms with van der Waals surface area (Å²) in [7, 11) is -3.64. The third-order valence-electron chi connectivity index (χ3n) is 5.46. The van der Waals surface area contributed by atoms with Crippen LogP contribution in [0.2, 0.25) is 0 Å². The number of aryl methyl sites for hydroxylation is 1. The van der Waals surface area contributed by atoms with Crippen LogP contribution >= 0.6 is 0 Å². The van der Waals surface area contributed by atoms with Gasteiger partial charge in [-0.2, -0.15) is 4.31 Å². The van der Waals surface area contributed by atoms with E-state index in [4.69, 9.17) is 0 Å². The van der Waals surface area contributed by atoms with Gasteiger partial charge in [0.1, 0.15) is 0 Å². The van der Waals surface area contributed by atoms with Crippen LogP contribution in [0.25, 0.3) is 0 Å². The predicted molar refractivity (Wildman–Crippen MR) is 113 cm³/mol. The Morgan fingerprint density at radius 3 is 2.28 bits per heavy atom. The van der Waals surface area contributed by atoms with Gasteiger partial charge in [0.05, 0.1) is 4.90 Å². The Kier molecular flexibility index (Phi) is 8.64. The van der Waals surface area contributed by atoms with Crippen LogP contribution in [0.15, 0.2) is 23.1 Å². The second kappa shape index (κ2) is 10.7. The maximum absolute atomic E-state index is 12.8. The summed E-state index contributed by atoms with van der Waals surface area (Å²) in [6.45, 7) is 6.69. The number of nitrogens with one attached hydrogen (secondary N) is 2. The van der Waals surface area contributed by atoms with Gasteiger partial charge in [-0.3, -0.25) is 9.59 Å². The first-order valence-corrected chi connectivity index (χ1v) is 11.9. The van der Waals surface area contributed by atoms with Crippen LogP contribution in [0.5, 0.6) is 0 Å². The fourth-order valence-corrected chi connectivity index (χ4v) is 5.40. The van der Waals surface area contributed by atoms with Crippen molar-refractivity contribution in [3.8, 4) is 0 Å². The van der Waals surface area contributed by atoms with Crippen molar-refractivity contribution in [2.45, 2.75) is 57.8 Å². The number of carbonyl (C=O) groups is 2. The van der Waals surface area contributed by atoms with Gasteiger partial charge in [-0.1, -0.05) is 39.2 Å². The van der Waals surface area contributed by atoms with Crippen LogP contribution in [-0.2, 0) is 14.8 Å². The summed E-state index contributed by atoms with van der Waals surface area (Å²) >= 11 is 0. The Labute approximate surface area is 174 Å². The molecule has 1 fully saturated rings. The number of amides is 2.